The van der Waals surface area contributed by atoms with Crippen LogP contribution in [0.15, 0.2) is 0 Å². The Labute approximate surface area is 122 Å². The summed E-state index contributed by atoms with van der Waals surface area (Å²) in [4.78, 5) is 22.3. The van der Waals surface area contributed by atoms with Crippen molar-refractivity contribution in [1.29, 1.82) is 0 Å². The molecule has 0 saturated carbocycles. The first-order valence-corrected chi connectivity index (χ1v) is 6.48. The van der Waals surface area contributed by atoms with Gasteiger partial charge in [-0.15, -0.1) is 0 Å². The molecule has 1 aromatic heterocycles. The van der Waals surface area contributed by atoms with Crippen LogP contribution in [0.2, 0.25) is 0 Å². The largest absolute Gasteiger partial charge is 0.396 e. The molecule has 1 amide bonds. The number of nitro groups is 1. The maximum atomic E-state index is 11.9. The zero-order chi connectivity index (χ0) is 16.0. The van der Waals surface area contributed by atoms with Crippen molar-refractivity contribution in [2.75, 3.05) is 20.3 Å². The maximum absolute atomic E-state index is 11.9. The summed E-state index contributed by atoms with van der Waals surface area (Å²) in [5, 5.41) is 26.5. The first-order valence-electron chi connectivity index (χ1n) is 6.48. The van der Waals surface area contributed by atoms with Gasteiger partial charge in [0, 0.05) is 13.7 Å². The van der Waals surface area contributed by atoms with Crippen LogP contribution in [-0.4, -0.2) is 52.1 Å². The van der Waals surface area contributed by atoms with Crippen LogP contribution in [0.25, 0.3) is 0 Å². The van der Waals surface area contributed by atoms with Crippen LogP contribution >= 0.6 is 0 Å². The number of carbonyl (C=O) groups is 1. The number of hydrogen-bond acceptors (Lipinski definition) is 6. The lowest BCUT2D eigenvalue weighted by Crippen LogP contribution is -2.40. The van der Waals surface area contributed by atoms with Gasteiger partial charge in [0.25, 0.3) is 0 Å². The minimum absolute atomic E-state index is 0.0698. The standard InChI is InChI=1S/C12H20N4O5/c1-8-12(16(19)20)9(2)15(14-8)6-11(18)13-10(4-5-17)7-21-3/h10,17H,4-7H2,1-3H3,(H,13,18). The Bertz CT molecular complexity index is 508. The molecule has 1 aromatic rings. The Morgan fingerprint density at radius 3 is 2.71 bits per heavy atom. The summed E-state index contributed by atoms with van der Waals surface area (Å²) in [7, 11) is 1.50. The minimum atomic E-state index is -0.508. The molecule has 9 heteroatoms. The van der Waals surface area contributed by atoms with Gasteiger partial charge in [0.05, 0.1) is 17.6 Å². The van der Waals surface area contributed by atoms with E-state index in [2.05, 4.69) is 10.4 Å². The van der Waals surface area contributed by atoms with E-state index in [9.17, 15) is 14.9 Å². The van der Waals surface area contributed by atoms with Crippen LogP contribution in [-0.2, 0) is 16.1 Å². The number of methoxy groups -OCH3 is 1. The molecule has 1 atom stereocenters. The monoisotopic (exact) mass is 300 g/mol. The van der Waals surface area contributed by atoms with Crippen LogP contribution in [0.1, 0.15) is 17.8 Å². The number of amides is 1. The molecule has 1 rings (SSSR count). The third-order valence-corrected chi connectivity index (χ3v) is 3.03. The number of hydrogen-bond donors (Lipinski definition) is 2. The van der Waals surface area contributed by atoms with E-state index in [4.69, 9.17) is 9.84 Å². The molecular formula is C12H20N4O5. The molecule has 118 valence electrons. The van der Waals surface area contributed by atoms with E-state index >= 15 is 0 Å². The molecule has 21 heavy (non-hydrogen) atoms. The summed E-state index contributed by atoms with van der Waals surface area (Å²) in [5.74, 6) is -0.342. The quantitative estimate of drug-likeness (QED) is 0.512. The van der Waals surface area contributed by atoms with Crippen molar-refractivity contribution in [2.45, 2.75) is 32.9 Å². The third kappa shape index (κ3) is 4.50. The van der Waals surface area contributed by atoms with E-state index in [1.54, 1.807) is 6.92 Å². The predicted octanol–water partition coefficient (Wildman–Crippen LogP) is -0.0783. The molecule has 0 aliphatic carbocycles. The molecule has 0 aromatic carbocycles. The van der Waals surface area contributed by atoms with Crippen molar-refractivity contribution in [3.8, 4) is 0 Å². The SMILES string of the molecule is COCC(CCO)NC(=O)Cn1nc(C)c([N+](=O)[O-])c1C. The summed E-state index contributed by atoms with van der Waals surface area (Å²) in [6.07, 6.45) is 0.372. The van der Waals surface area contributed by atoms with Gasteiger partial charge in [-0.1, -0.05) is 0 Å². The molecule has 0 aliphatic rings. The van der Waals surface area contributed by atoms with Gasteiger partial charge in [-0.25, -0.2) is 0 Å². The highest BCUT2D eigenvalue weighted by Crippen LogP contribution is 2.21. The fourth-order valence-electron chi connectivity index (χ4n) is 2.07. The molecule has 2 N–H and O–H groups in total. The van der Waals surface area contributed by atoms with Gasteiger partial charge < -0.3 is 15.2 Å². The second kappa shape index (κ2) is 7.70. The van der Waals surface area contributed by atoms with Crippen molar-refractivity contribution in [3.05, 3.63) is 21.5 Å². The topological polar surface area (TPSA) is 120 Å². The molecule has 0 spiro atoms. The number of nitrogens with zero attached hydrogens (tertiary/aromatic N) is 3. The van der Waals surface area contributed by atoms with E-state index in [-0.39, 0.29) is 43.1 Å². The Kier molecular flexibility index (Phi) is 6.25. The van der Waals surface area contributed by atoms with E-state index in [0.29, 0.717) is 12.1 Å². The zero-order valence-electron chi connectivity index (χ0n) is 12.3. The predicted molar refractivity (Wildman–Crippen MR) is 73.9 cm³/mol. The lowest BCUT2D eigenvalue weighted by molar-refractivity contribution is -0.386. The number of aromatic nitrogens is 2. The van der Waals surface area contributed by atoms with Gasteiger partial charge in [0.2, 0.25) is 5.91 Å². The van der Waals surface area contributed by atoms with Gasteiger partial charge in [0.1, 0.15) is 17.9 Å². The van der Waals surface area contributed by atoms with Crippen LogP contribution < -0.4 is 5.32 Å². The van der Waals surface area contributed by atoms with Crippen molar-refractivity contribution < 1.29 is 19.6 Å². The molecule has 0 fully saturated rings. The van der Waals surface area contributed by atoms with Crippen LogP contribution in [0.4, 0.5) is 5.69 Å². The normalized spacial score (nSPS) is 12.2. The molecule has 1 heterocycles. The van der Waals surface area contributed by atoms with E-state index in [0.717, 1.165) is 0 Å². The minimum Gasteiger partial charge on any atom is -0.396 e. The Morgan fingerprint density at radius 1 is 1.57 bits per heavy atom. The van der Waals surface area contributed by atoms with E-state index < -0.39 is 4.92 Å². The Hall–Kier alpha value is -2.00. The summed E-state index contributed by atoms with van der Waals surface area (Å²) in [6.45, 7) is 3.17. The molecule has 1 unspecified atom stereocenters. The van der Waals surface area contributed by atoms with E-state index in [1.807, 2.05) is 0 Å². The number of aryl methyl sites for hydroxylation is 1. The van der Waals surface area contributed by atoms with Crippen LogP contribution in [0.5, 0.6) is 0 Å². The smallest absolute Gasteiger partial charge is 0.312 e. The van der Waals surface area contributed by atoms with Crippen molar-refractivity contribution in [1.82, 2.24) is 15.1 Å². The summed E-state index contributed by atoms with van der Waals surface area (Å²) in [5.41, 5.74) is 0.527. The van der Waals surface area contributed by atoms with Crippen LogP contribution in [0, 0.1) is 24.0 Å². The molecular weight excluding hydrogens is 280 g/mol. The summed E-state index contributed by atoms with van der Waals surface area (Å²) >= 11 is 0. The molecule has 0 bridgehead atoms. The fraction of sp³-hybridized carbons (Fsp3) is 0.667. The van der Waals surface area contributed by atoms with E-state index in [1.165, 1.54) is 18.7 Å². The average Bonchev–Trinajstić information content (AvgIpc) is 2.64. The van der Waals surface area contributed by atoms with Gasteiger partial charge in [-0.2, -0.15) is 5.10 Å². The van der Waals surface area contributed by atoms with Gasteiger partial charge in [-0.3, -0.25) is 19.6 Å². The van der Waals surface area contributed by atoms with Crippen LogP contribution in [0.3, 0.4) is 0 Å². The number of rotatable bonds is 8. The molecule has 0 aliphatic heterocycles. The summed E-state index contributed by atoms with van der Waals surface area (Å²) < 4.78 is 6.25. The van der Waals surface area contributed by atoms with Gasteiger partial charge >= 0.3 is 5.69 Å². The van der Waals surface area contributed by atoms with Gasteiger partial charge in [-0.05, 0) is 20.3 Å². The molecule has 9 nitrogen and oxygen atoms in total. The lowest BCUT2D eigenvalue weighted by atomic mass is 10.2. The highest BCUT2D eigenvalue weighted by atomic mass is 16.6. The third-order valence-electron chi connectivity index (χ3n) is 3.03. The highest BCUT2D eigenvalue weighted by Gasteiger charge is 2.23. The average molecular weight is 300 g/mol. The van der Waals surface area contributed by atoms with Gasteiger partial charge in [0.15, 0.2) is 0 Å². The molecule has 0 radical (unpaired) electrons. The zero-order valence-corrected chi connectivity index (χ0v) is 12.3. The lowest BCUT2D eigenvalue weighted by Gasteiger charge is -2.16. The second-order valence-corrected chi connectivity index (χ2v) is 4.67. The maximum Gasteiger partial charge on any atom is 0.312 e. The Balaban J connectivity index is 2.75. The van der Waals surface area contributed by atoms with Crippen molar-refractivity contribution in [3.63, 3.8) is 0 Å². The first kappa shape index (κ1) is 17.1. The Morgan fingerprint density at radius 2 is 2.24 bits per heavy atom. The fourth-order valence-corrected chi connectivity index (χ4v) is 2.07. The van der Waals surface area contributed by atoms with Crippen molar-refractivity contribution in [2.24, 2.45) is 0 Å². The highest BCUT2D eigenvalue weighted by molar-refractivity contribution is 5.76. The second-order valence-electron chi connectivity index (χ2n) is 4.67. The number of ether oxygens (including phenoxy) is 1. The number of carbonyl (C=O) groups excluding carboxylic acids is 1. The molecule has 0 saturated heterocycles. The summed E-state index contributed by atoms with van der Waals surface area (Å²) in [6, 6.07) is -0.306. The first-order chi connectivity index (χ1) is 9.90. The number of aliphatic hydroxyl groups excluding tert-OH is 1. The number of nitrogens with one attached hydrogen (secondary N) is 1. The number of aliphatic hydroxyl groups is 1. The van der Waals surface area contributed by atoms with Crippen molar-refractivity contribution >= 4 is 11.6 Å².